The number of alkyl halides is 3. The number of halogens is 4. The third-order valence-corrected chi connectivity index (χ3v) is 2.98. The van der Waals surface area contributed by atoms with Crippen molar-refractivity contribution in [1.82, 2.24) is 0 Å². The largest absolute Gasteiger partial charge is 0.573 e. The molecule has 2 aromatic carbocycles. The number of ether oxygens (including phenoxy) is 1. The first kappa shape index (κ1) is 15.2. The van der Waals surface area contributed by atoms with Crippen LogP contribution in [-0.4, -0.2) is 12.3 Å². The molecule has 0 bridgehead atoms. The Balaban J connectivity index is 2.31. The van der Waals surface area contributed by atoms with Crippen LogP contribution in [0.4, 0.5) is 13.2 Å². The van der Waals surface area contributed by atoms with E-state index >= 15 is 0 Å². The van der Waals surface area contributed by atoms with Gasteiger partial charge in [0.2, 0.25) is 5.91 Å². The second-order valence-corrected chi connectivity index (χ2v) is 4.54. The zero-order valence-corrected chi connectivity index (χ0v) is 11.2. The average Bonchev–Trinajstić information content (AvgIpc) is 2.38. The third-order valence-electron chi connectivity index (χ3n) is 2.65. The van der Waals surface area contributed by atoms with Crippen molar-refractivity contribution in [2.45, 2.75) is 6.36 Å². The molecule has 21 heavy (non-hydrogen) atoms. The first-order valence-corrected chi connectivity index (χ1v) is 6.09. The van der Waals surface area contributed by atoms with Crippen LogP contribution in [0.1, 0.15) is 10.4 Å². The molecule has 0 aliphatic heterocycles. The molecule has 2 N–H and O–H groups in total. The Bertz CT molecular complexity index is 669. The molecule has 110 valence electrons. The minimum Gasteiger partial charge on any atom is -0.406 e. The number of carbonyl (C=O) groups is 1. The molecule has 3 nitrogen and oxygen atoms in total. The summed E-state index contributed by atoms with van der Waals surface area (Å²) in [6.07, 6.45) is -4.74. The van der Waals surface area contributed by atoms with Crippen LogP contribution in [0.2, 0.25) is 5.02 Å². The van der Waals surface area contributed by atoms with E-state index in [9.17, 15) is 18.0 Å². The maximum absolute atomic E-state index is 12.1. The fourth-order valence-corrected chi connectivity index (χ4v) is 1.95. The lowest BCUT2D eigenvalue weighted by atomic mass is 10.0. The standard InChI is InChI=1S/C14H9ClF3NO2/c15-12-6-3-9(7-11(12)13(19)20)8-1-4-10(5-2-8)21-14(16,17)18/h1-7H,(H2,19,20). The number of carbonyl (C=O) groups excluding carboxylic acids is 1. The van der Waals surface area contributed by atoms with Gasteiger partial charge in [0.05, 0.1) is 10.6 Å². The molecule has 0 saturated heterocycles. The normalized spacial score (nSPS) is 11.2. The lowest BCUT2D eigenvalue weighted by Crippen LogP contribution is -2.16. The zero-order valence-electron chi connectivity index (χ0n) is 10.4. The Morgan fingerprint density at radius 3 is 2.14 bits per heavy atom. The Hall–Kier alpha value is -2.21. The highest BCUT2D eigenvalue weighted by molar-refractivity contribution is 6.33. The van der Waals surface area contributed by atoms with Gasteiger partial charge in [-0.15, -0.1) is 13.2 Å². The number of nitrogens with two attached hydrogens (primary N) is 1. The smallest absolute Gasteiger partial charge is 0.406 e. The summed E-state index contributed by atoms with van der Waals surface area (Å²) in [7, 11) is 0. The minimum absolute atomic E-state index is 0.143. The van der Waals surface area contributed by atoms with E-state index in [0.717, 1.165) is 0 Å². The van der Waals surface area contributed by atoms with Gasteiger partial charge >= 0.3 is 6.36 Å². The van der Waals surface area contributed by atoms with Gasteiger partial charge in [0.25, 0.3) is 0 Å². The summed E-state index contributed by atoms with van der Waals surface area (Å²) in [5.41, 5.74) is 6.53. The lowest BCUT2D eigenvalue weighted by molar-refractivity contribution is -0.274. The van der Waals surface area contributed by atoms with Crippen molar-refractivity contribution >= 4 is 17.5 Å². The maximum atomic E-state index is 12.1. The number of primary amides is 1. The molecular weight excluding hydrogens is 307 g/mol. The van der Waals surface area contributed by atoms with Crippen LogP contribution >= 0.6 is 11.6 Å². The molecule has 1 amide bonds. The minimum atomic E-state index is -4.74. The van der Waals surface area contributed by atoms with Gasteiger partial charge in [0.15, 0.2) is 0 Å². The van der Waals surface area contributed by atoms with Crippen molar-refractivity contribution in [3.63, 3.8) is 0 Å². The molecule has 2 aromatic rings. The summed E-state index contributed by atoms with van der Waals surface area (Å²) in [6, 6.07) is 9.85. The number of hydrogen-bond donors (Lipinski definition) is 1. The van der Waals surface area contributed by atoms with Crippen LogP contribution in [0.3, 0.4) is 0 Å². The maximum Gasteiger partial charge on any atom is 0.573 e. The Kier molecular flexibility index (Phi) is 4.09. The fourth-order valence-electron chi connectivity index (χ4n) is 1.74. The van der Waals surface area contributed by atoms with Gasteiger partial charge in [-0.05, 0) is 35.4 Å². The van der Waals surface area contributed by atoms with E-state index in [4.69, 9.17) is 17.3 Å². The van der Waals surface area contributed by atoms with Crippen LogP contribution in [0.15, 0.2) is 42.5 Å². The predicted molar refractivity (Wildman–Crippen MR) is 72.1 cm³/mol. The molecule has 0 atom stereocenters. The second-order valence-electron chi connectivity index (χ2n) is 4.13. The summed E-state index contributed by atoms with van der Waals surface area (Å²) < 4.78 is 40.0. The molecule has 2 rings (SSSR count). The lowest BCUT2D eigenvalue weighted by Gasteiger charge is -2.10. The summed E-state index contributed by atoms with van der Waals surface area (Å²) in [5, 5.41) is 0.211. The molecule has 0 aliphatic carbocycles. The average molecular weight is 316 g/mol. The van der Waals surface area contributed by atoms with Crippen molar-refractivity contribution in [1.29, 1.82) is 0 Å². The number of amides is 1. The molecule has 0 spiro atoms. The molecular formula is C14H9ClF3NO2. The fraction of sp³-hybridized carbons (Fsp3) is 0.0714. The second kappa shape index (κ2) is 5.65. The Labute approximate surface area is 123 Å². The first-order chi connectivity index (χ1) is 9.76. The van der Waals surface area contributed by atoms with E-state index in [-0.39, 0.29) is 16.3 Å². The quantitative estimate of drug-likeness (QED) is 0.930. The molecule has 0 radical (unpaired) electrons. The summed E-state index contributed by atoms with van der Waals surface area (Å²) >= 11 is 5.83. The molecule has 0 saturated carbocycles. The third kappa shape index (κ3) is 3.88. The van der Waals surface area contributed by atoms with Gasteiger partial charge in [-0.25, -0.2) is 0 Å². The zero-order chi connectivity index (χ0) is 15.6. The van der Waals surface area contributed by atoms with Crippen LogP contribution in [0.25, 0.3) is 11.1 Å². The van der Waals surface area contributed by atoms with Crippen molar-refractivity contribution in [2.24, 2.45) is 5.73 Å². The predicted octanol–water partition coefficient (Wildman–Crippen LogP) is 4.00. The van der Waals surface area contributed by atoms with Crippen LogP contribution in [0, 0.1) is 0 Å². The molecule has 0 aliphatic rings. The summed E-state index contributed by atoms with van der Waals surface area (Å²) in [5.74, 6) is -1.01. The molecule has 7 heteroatoms. The van der Waals surface area contributed by atoms with Crippen molar-refractivity contribution in [3.8, 4) is 16.9 Å². The molecule has 0 fully saturated rings. The highest BCUT2D eigenvalue weighted by atomic mass is 35.5. The van der Waals surface area contributed by atoms with Crippen molar-refractivity contribution in [3.05, 3.63) is 53.1 Å². The van der Waals surface area contributed by atoms with E-state index in [2.05, 4.69) is 4.74 Å². The number of benzene rings is 2. The van der Waals surface area contributed by atoms with Crippen LogP contribution in [-0.2, 0) is 0 Å². The van der Waals surface area contributed by atoms with Crippen molar-refractivity contribution < 1.29 is 22.7 Å². The van der Waals surface area contributed by atoms with Gasteiger partial charge in [-0.3, -0.25) is 4.79 Å². The van der Waals surface area contributed by atoms with E-state index in [1.54, 1.807) is 6.07 Å². The van der Waals surface area contributed by atoms with E-state index in [1.165, 1.54) is 36.4 Å². The van der Waals surface area contributed by atoms with E-state index in [0.29, 0.717) is 11.1 Å². The number of hydrogen-bond acceptors (Lipinski definition) is 2. The van der Waals surface area contributed by atoms with E-state index in [1.807, 2.05) is 0 Å². The van der Waals surface area contributed by atoms with Gasteiger partial charge in [-0.1, -0.05) is 29.8 Å². The summed E-state index contributed by atoms with van der Waals surface area (Å²) in [6.45, 7) is 0. The summed E-state index contributed by atoms with van der Waals surface area (Å²) in [4.78, 5) is 11.2. The SMILES string of the molecule is NC(=O)c1cc(-c2ccc(OC(F)(F)F)cc2)ccc1Cl. The van der Waals surface area contributed by atoms with Gasteiger partial charge in [-0.2, -0.15) is 0 Å². The molecule has 0 heterocycles. The Morgan fingerprint density at radius 1 is 1.05 bits per heavy atom. The van der Waals surface area contributed by atoms with Gasteiger partial charge in [0.1, 0.15) is 5.75 Å². The highest BCUT2D eigenvalue weighted by Gasteiger charge is 2.30. The highest BCUT2D eigenvalue weighted by Crippen LogP contribution is 2.28. The van der Waals surface area contributed by atoms with Crippen LogP contribution < -0.4 is 10.5 Å². The van der Waals surface area contributed by atoms with Crippen molar-refractivity contribution in [2.75, 3.05) is 0 Å². The van der Waals surface area contributed by atoms with Crippen LogP contribution in [0.5, 0.6) is 5.75 Å². The topological polar surface area (TPSA) is 52.3 Å². The van der Waals surface area contributed by atoms with E-state index < -0.39 is 12.3 Å². The monoisotopic (exact) mass is 315 g/mol. The number of rotatable bonds is 3. The van der Waals surface area contributed by atoms with Gasteiger partial charge < -0.3 is 10.5 Å². The Morgan fingerprint density at radius 2 is 1.62 bits per heavy atom. The molecule has 0 unspecified atom stereocenters. The first-order valence-electron chi connectivity index (χ1n) is 5.72. The van der Waals surface area contributed by atoms with Gasteiger partial charge in [0, 0.05) is 0 Å². The molecule has 0 aromatic heterocycles.